The molecule has 0 amide bonds. The normalized spacial score (nSPS) is 22.4. The van der Waals surface area contributed by atoms with Crippen LogP contribution in [0, 0.1) is 0 Å². The SMILES string of the molecule is CCOC(=O)C(Cc1ccccc1)N(Oc1ccccc1)[P+](=O)OC[C@@]1(N=[N+]=[N-])O[C@@H](n2ccc(N)nc2=O)[C@H](O)[C@@H]1O. The minimum absolute atomic E-state index is 0.00536. The predicted octanol–water partition coefficient (Wildman–Crippen LogP) is 2.23. The van der Waals surface area contributed by atoms with Crippen LogP contribution >= 0.6 is 8.18 Å². The van der Waals surface area contributed by atoms with Crippen LogP contribution in [0.25, 0.3) is 10.4 Å². The molecule has 1 aliphatic heterocycles. The number of carbonyl (C=O) groups excluding carboxylic acids is 1. The zero-order valence-electron chi connectivity index (χ0n) is 22.8. The van der Waals surface area contributed by atoms with Crippen LogP contribution in [0.2, 0.25) is 0 Å². The number of hydroxylamine groups is 1. The van der Waals surface area contributed by atoms with Gasteiger partial charge in [0, 0.05) is 17.5 Å². The number of nitrogen functional groups attached to an aromatic ring is 1. The monoisotopic (exact) mass is 614 g/mol. The zero-order chi connectivity index (χ0) is 31.0. The second-order valence-electron chi connectivity index (χ2n) is 9.20. The number of rotatable bonds is 13. The summed E-state index contributed by atoms with van der Waals surface area (Å²) in [5, 5.41) is 25.1. The third kappa shape index (κ3) is 7.34. The van der Waals surface area contributed by atoms with Crippen molar-refractivity contribution in [2.24, 2.45) is 5.11 Å². The number of aromatic nitrogens is 2. The van der Waals surface area contributed by atoms with Crippen molar-refractivity contribution >= 4 is 20.0 Å². The van der Waals surface area contributed by atoms with Crippen LogP contribution in [0.5, 0.6) is 5.75 Å². The van der Waals surface area contributed by atoms with E-state index < -0.39 is 56.6 Å². The third-order valence-corrected chi connectivity index (χ3v) is 7.36. The van der Waals surface area contributed by atoms with Gasteiger partial charge in [0.2, 0.25) is 5.72 Å². The molecule has 4 rings (SSSR count). The second-order valence-corrected chi connectivity index (χ2v) is 10.3. The van der Waals surface area contributed by atoms with Crippen LogP contribution in [-0.2, 0) is 29.8 Å². The number of hydrogen-bond acceptors (Lipinski definition) is 12. The molecule has 2 heterocycles. The quantitative estimate of drug-likeness (QED) is 0.0629. The number of nitrogens with zero attached hydrogens (tertiary/aromatic N) is 6. The van der Waals surface area contributed by atoms with E-state index in [1.165, 1.54) is 12.3 Å². The van der Waals surface area contributed by atoms with Crippen molar-refractivity contribution in [1.82, 2.24) is 14.4 Å². The van der Waals surface area contributed by atoms with Crippen LogP contribution < -0.4 is 16.3 Å². The first-order chi connectivity index (χ1) is 20.7. The highest BCUT2D eigenvalue weighted by Gasteiger charge is 2.58. The summed E-state index contributed by atoms with van der Waals surface area (Å²) in [7, 11) is -3.11. The summed E-state index contributed by atoms with van der Waals surface area (Å²) in [5.74, 6) is -0.646. The molecule has 1 saturated heterocycles. The maximum absolute atomic E-state index is 13.7. The molecule has 16 nitrogen and oxygen atoms in total. The van der Waals surface area contributed by atoms with E-state index in [4.69, 9.17) is 24.6 Å². The average molecular weight is 615 g/mol. The standard InChI is InChI=1S/C26H28N7O9P/c1-2-39-24(36)19(15-17-9-5-3-6-10-17)33(42-18-11-7-4-8-12-18)43(38)40-16-26(30-31-28)22(35)21(34)23(41-26)32-14-13-20(27)29-25(32)37/h3-14,19,21-23,34-35H,2,15-16H2,1H3,(H-,27,29,37)/p+1/t19?,21-,22+,23-,26-/m1/s1. The van der Waals surface area contributed by atoms with Crippen molar-refractivity contribution in [2.45, 2.75) is 43.5 Å². The second kappa shape index (κ2) is 14.2. The molecule has 6 atom stereocenters. The van der Waals surface area contributed by atoms with Gasteiger partial charge in [0.05, 0.1) is 6.61 Å². The largest absolute Gasteiger partial charge is 0.653 e. The van der Waals surface area contributed by atoms with Crippen molar-refractivity contribution in [3.63, 3.8) is 0 Å². The molecule has 1 aliphatic rings. The molecule has 4 N–H and O–H groups in total. The summed E-state index contributed by atoms with van der Waals surface area (Å²) in [6, 6.07) is 17.0. The smallest absolute Gasteiger partial charge is 0.465 e. The molecule has 0 radical (unpaired) electrons. The highest BCUT2D eigenvalue weighted by atomic mass is 31.1. The Morgan fingerprint density at radius 3 is 2.53 bits per heavy atom. The number of ether oxygens (including phenoxy) is 2. The van der Waals surface area contributed by atoms with Crippen LogP contribution in [0.1, 0.15) is 18.7 Å². The molecule has 3 aromatic rings. The van der Waals surface area contributed by atoms with Crippen molar-refractivity contribution < 1.29 is 38.4 Å². The Kier molecular flexibility index (Phi) is 10.4. The fraction of sp³-hybridized carbons (Fsp3) is 0.346. The number of aliphatic hydroxyl groups excluding tert-OH is 2. The molecular weight excluding hydrogens is 585 g/mol. The minimum Gasteiger partial charge on any atom is -0.465 e. The van der Waals surface area contributed by atoms with Gasteiger partial charge in [-0.3, -0.25) is 9.36 Å². The maximum Gasteiger partial charge on any atom is 0.653 e. The number of azide groups is 1. The molecule has 2 unspecified atom stereocenters. The summed E-state index contributed by atoms with van der Waals surface area (Å²) in [6.07, 6.45) is -4.16. The number of esters is 1. The van der Waals surface area contributed by atoms with Gasteiger partial charge in [0.25, 0.3) is 0 Å². The summed E-state index contributed by atoms with van der Waals surface area (Å²) >= 11 is 0. The molecule has 226 valence electrons. The molecule has 0 aliphatic carbocycles. The van der Waals surface area contributed by atoms with Gasteiger partial charge >= 0.3 is 19.8 Å². The van der Waals surface area contributed by atoms with E-state index in [1.807, 2.05) is 0 Å². The van der Waals surface area contributed by atoms with Gasteiger partial charge in [-0.15, -0.1) is 4.52 Å². The number of hydrogen-bond donors (Lipinski definition) is 3. The highest BCUT2D eigenvalue weighted by Crippen LogP contribution is 2.42. The average Bonchev–Trinajstić information content (AvgIpc) is 3.24. The maximum atomic E-state index is 13.7. The molecule has 1 fully saturated rings. The van der Waals surface area contributed by atoms with E-state index in [-0.39, 0.29) is 24.6 Å². The van der Waals surface area contributed by atoms with Gasteiger partial charge in [-0.2, -0.15) is 4.98 Å². The van der Waals surface area contributed by atoms with Crippen molar-refractivity contribution in [3.8, 4) is 5.75 Å². The molecule has 0 bridgehead atoms. The molecule has 0 spiro atoms. The summed E-state index contributed by atoms with van der Waals surface area (Å²) < 4.78 is 31.0. The molecular formula is C26H29N7O9P+. The topological polar surface area (TPSA) is 224 Å². The van der Waals surface area contributed by atoms with Crippen molar-refractivity contribution in [2.75, 3.05) is 18.9 Å². The predicted molar refractivity (Wildman–Crippen MR) is 150 cm³/mol. The van der Waals surface area contributed by atoms with E-state index in [9.17, 15) is 29.9 Å². The summed E-state index contributed by atoms with van der Waals surface area (Å²) in [4.78, 5) is 38.4. The summed E-state index contributed by atoms with van der Waals surface area (Å²) in [6.45, 7) is 0.746. The lowest BCUT2D eigenvalue weighted by Crippen LogP contribution is -2.46. The molecule has 2 aromatic carbocycles. The van der Waals surface area contributed by atoms with E-state index in [0.29, 0.717) is 5.56 Å². The van der Waals surface area contributed by atoms with Crippen LogP contribution in [0.4, 0.5) is 5.82 Å². The van der Waals surface area contributed by atoms with Crippen molar-refractivity contribution in [3.05, 3.63) is 99.4 Å². The van der Waals surface area contributed by atoms with Gasteiger partial charge in [0.1, 0.15) is 29.5 Å². The first-order valence-electron chi connectivity index (χ1n) is 13.0. The first kappa shape index (κ1) is 31.5. The van der Waals surface area contributed by atoms with Gasteiger partial charge in [-0.05, 0) is 40.8 Å². The van der Waals surface area contributed by atoms with E-state index in [2.05, 4.69) is 15.0 Å². The Morgan fingerprint density at radius 2 is 1.91 bits per heavy atom. The lowest BCUT2D eigenvalue weighted by molar-refractivity contribution is -0.156. The fourth-order valence-corrected chi connectivity index (χ4v) is 5.22. The Hall–Kier alpha value is -4.40. The molecule has 17 heteroatoms. The fourth-order valence-electron chi connectivity index (χ4n) is 4.25. The summed E-state index contributed by atoms with van der Waals surface area (Å²) in [5.41, 5.74) is 12.2. The van der Waals surface area contributed by atoms with E-state index in [1.54, 1.807) is 67.6 Å². The molecule has 0 saturated carbocycles. The number of anilines is 1. The van der Waals surface area contributed by atoms with Crippen LogP contribution in [0.3, 0.4) is 0 Å². The number of aliphatic hydroxyl groups is 2. The lowest BCUT2D eigenvalue weighted by Gasteiger charge is -2.25. The number of nitrogens with two attached hydrogens (primary N) is 1. The number of benzene rings is 2. The van der Waals surface area contributed by atoms with Gasteiger partial charge in [0.15, 0.2) is 18.0 Å². The Morgan fingerprint density at radius 1 is 1.23 bits per heavy atom. The van der Waals surface area contributed by atoms with Gasteiger partial charge in [-0.1, -0.05) is 53.6 Å². The van der Waals surface area contributed by atoms with Crippen LogP contribution in [-0.4, -0.2) is 67.8 Å². The Bertz CT molecular complexity index is 1520. The van der Waals surface area contributed by atoms with Crippen LogP contribution in [0.15, 0.2) is 82.8 Å². The number of para-hydroxylation sites is 1. The zero-order valence-corrected chi connectivity index (χ0v) is 23.7. The Labute approximate surface area is 245 Å². The van der Waals surface area contributed by atoms with E-state index in [0.717, 1.165) is 9.40 Å². The lowest BCUT2D eigenvalue weighted by atomic mass is 10.1. The van der Waals surface area contributed by atoms with Gasteiger partial charge < -0.3 is 30.3 Å². The van der Waals surface area contributed by atoms with Crippen molar-refractivity contribution in [1.29, 1.82) is 0 Å². The molecule has 1 aromatic heterocycles. The first-order valence-corrected chi connectivity index (χ1v) is 14.1. The third-order valence-electron chi connectivity index (χ3n) is 6.32. The Balaban J connectivity index is 1.64. The molecule has 43 heavy (non-hydrogen) atoms. The van der Waals surface area contributed by atoms with E-state index >= 15 is 0 Å². The number of carbonyl (C=O) groups is 1. The van der Waals surface area contributed by atoms with Gasteiger partial charge in [-0.25, -0.2) is 4.79 Å². The highest BCUT2D eigenvalue weighted by molar-refractivity contribution is 7.36. The minimum atomic E-state index is -3.11.